The Bertz CT molecular complexity index is 984. The van der Waals surface area contributed by atoms with E-state index in [9.17, 15) is 4.79 Å². The second kappa shape index (κ2) is 9.32. The molecule has 0 bridgehead atoms. The second-order valence-corrected chi connectivity index (χ2v) is 7.85. The molecule has 3 aromatic rings. The number of likely N-dealkylation sites (tertiary alicyclic amines) is 1. The highest BCUT2D eigenvalue weighted by Crippen LogP contribution is 2.30. The summed E-state index contributed by atoms with van der Waals surface area (Å²) in [5.41, 5.74) is 2.30. The van der Waals surface area contributed by atoms with E-state index >= 15 is 0 Å². The number of rotatable bonds is 6. The van der Waals surface area contributed by atoms with Gasteiger partial charge >= 0.3 is 0 Å². The van der Waals surface area contributed by atoms with Crippen molar-refractivity contribution in [3.8, 4) is 11.4 Å². The molecule has 2 aromatic heterocycles. The Morgan fingerprint density at radius 3 is 2.63 bits per heavy atom. The van der Waals surface area contributed by atoms with Gasteiger partial charge in [0.05, 0.1) is 29.1 Å². The summed E-state index contributed by atoms with van der Waals surface area (Å²) in [6.07, 6.45) is 7.42. The molecule has 7 heteroatoms. The number of benzene rings is 1. The van der Waals surface area contributed by atoms with Crippen molar-refractivity contribution in [3.63, 3.8) is 0 Å². The third kappa shape index (κ3) is 4.66. The van der Waals surface area contributed by atoms with Gasteiger partial charge in [0.1, 0.15) is 5.75 Å². The third-order valence-electron chi connectivity index (χ3n) is 5.43. The summed E-state index contributed by atoms with van der Waals surface area (Å²) in [6.45, 7) is 2.68. The van der Waals surface area contributed by atoms with Gasteiger partial charge < -0.3 is 14.6 Å². The highest BCUT2D eigenvalue weighted by molar-refractivity contribution is 6.33. The highest BCUT2D eigenvalue weighted by atomic mass is 35.5. The normalized spacial score (nSPS) is 15.1. The standard InChI is InChI=1S/C23H25ClN4O2/c1-30-22-15-21(28-10-4-5-11-28)20(24)14-19(22)23(29)26-17-7-12-27(13-8-17)16-18-6-2-3-9-25-18/h2-6,9-11,14-15,17H,7-8,12-13,16H2,1H3,(H,26,29). The molecule has 6 nitrogen and oxygen atoms in total. The van der Waals surface area contributed by atoms with E-state index in [0.717, 1.165) is 43.9 Å². The monoisotopic (exact) mass is 424 g/mol. The number of carbonyl (C=O) groups is 1. The first-order chi connectivity index (χ1) is 14.6. The minimum atomic E-state index is -0.156. The summed E-state index contributed by atoms with van der Waals surface area (Å²) in [6, 6.07) is 13.4. The van der Waals surface area contributed by atoms with E-state index in [2.05, 4.69) is 15.2 Å². The van der Waals surface area contributed by atoms with Gasteiger partial charge in [-0.05, 0) is 43.2 Å². The molecule has 3 heterocycles. The van der Waals surface area contributed by atoms with Crippen molar-refractivity contribution < 1.29 is 9.53 Å². The average Bonchev–Trinajstić information content (AvgIpc) is 3.30. The van der Waals surface area contributed by atoms with Crippen LogP contribution in [0.1, 0.15) is 28.9 Å². The number of amides is 1. The van der Waals surface area contributed by atoms with Crippen LogP contribution in [0.3, 0.4) is 0 Å². The van der Waals surface area contributed by atoms with E-state index in [1.54, 1.807) is 19.2 Å². The highest BCUT2D eigenvalue weighted by Gasteiger charge is 2.23. The van der Waals surface area contributed by atoms with E-state index in [-0.39, 0.29) is 11.9 Å². The Hall–Kier alpha value is -2.83. The van der Waals surface area contributed by atoms with E-state index in [0.29, 0.717) is 16.3 Å². The summed E-state index contributed by atoms with van der Waals surface area (Å²) in [4.78, 5) is 19.7. The Balaban J connectivity index is 1.39. The fraction of sp³-hybridized carbons (Fsp3) is 0.304. The molecule has 1 aliphatic heterocycles. The van der Waals surface area contributed by atoms with Crippen LogP contribution < -0.4 is 10.1 Å². The van der Waals surface area contributed by atoms with Gasteiger partial charge in [0, 0.05) is 50.3 Å². The molecule has 1 aliphatic rings. The number of carbonyl (C=O) groups excluding carboxylic acids is 1. The SMILES string of the molecule is COc1cc(-n2cccc2)c(Cl)cc1C(=O)NC1CCN(Cc2ccccn2)CC1. The maximum Gasteiger partial charge on any atom is 0.255 e. The van der Waals surface area contributed by atoms with Gasteiger partial charge in [0.15, 0.2) is 0 Å². The summed E-state index contributed by atoms with van der Waals surface area (Å²) < 4.78 is 7.38. The topological polar surface area (TPSA) is 59.4 Å². The zero-order chi connectivity index (χ0) is 20.9. The predicted molar refractivity (Wildman–Crippen MR) is 117 cm³/mol. The fourth-order valence-corrected chi connectivity index (χ4v) is 4.06. The molecule has 0 spiro atoms. The number of methoxy groups -OCH3 is 1. The molecular weight excluding hydrogens is 400 g/mol. The van der Waals surface area contributed by atoms with Crippen LogP contribution in [-0.2, 0) is 6.54 Å². The quantitative estimate of drug-likeness (QED) is 0.651. The molecule has 1 aromatic carbocycles. The Kier molecular flexibility index (Phi) is 6.35. The van der Waals surface area contributed by atoms with E-state index in [4.69, 9.17) is 16.3 Å². The van der Waals surface area contributed by atoms with Crippen molar-refractivity contribution in [2.45, 2.75) is 25.4 Å². The van der Waals surface area contributed by atoms with Crippen molar-refractivity contribution in [3.05, 3.63) is 77.3 Å². The molecule has 0 saturated carbocycles. The zero-order valence-electron chi connectivity index (χ0n) is 16.9. The van der Waals surface area contributed by atoms with Crippen LogP contribution in [-0.4, -0.2) is 46.6 Å². The summed E-state index contributed by atoms with van der Waals surface area (Å²) in [5, 5.41) is 3.65. The molecule has 1 fully saturated rings. The van der Waals surface area contributed by atoms with E-state index in [1.807, 2.05) is 53.5 Å². The number of hydrogen-bond acceptors (Lipinski definition) is 4. The Morgan fingerprint density at radius 1 is 1.20 bits per heavy atom. The number of aromatic nitrogens is 2. The molecule has 1 N–H and O–H groups in total. The van der Waals surface area contributed by atoms with Gasteiger partial charge in [-0.3, -0.25) is 14.7 Å². The first kappa shape index (κ1) is 20.4. The van der Waals surface area contributed by atoms with Crippen molar-refractivity contribution >= 4 is 17.5 Å². The first-order valence-electron chi connectivity index (χ1n) is 10.1. The predicted octanol–water partition coefficient (Wildman–Crippen LogP) is 3.93. The fourth-order valence-electron chi connectivity index (χ4n) is 3.80. The van der Waals surface area contributed by atoms with Crippen LogP contribution >= 0.6 is 11.6 Å². The summed E-state index contributed by atoms with van der Waals surface area (Å²) >= 11 is 6.46. The molecule has 0 aliphatic carbocycles. The zero-order valence-corrected chi connectivity index (χ0v) is 17.7. The van der Waals surface area contributed by atoms with E-state index in [1.165, 1.54) is 0 Å². The van der Waals surface area contributed by atoms with Crippen molar-refractivity contribution in [2.24, 2.45) is 0 Å². The van der Waals surface area contributed by atoms with Crippen LogP contribution in [0, 0.1) is 0 Å². The van der Waals surface area contributed by atoms with Gasteiger partial charge in [-0.15, -0.1) is 0 Å². The molecular formula is C23H25ClN4O2. The lowest BCUT2D eigenvalue weighted by Gasteiger charge is -2.32. The third-order valence-corrected chi connectivity index (χ3v) is 5.73. The van der Waals surface area contributed by atoms with Crippen LogP contribution in [0.5, 0.6) is 5.75 Å². The van der Waals surface area contributed by atoms with Gasteiger partial charge in [-0.1, -0.05) is 17.7 Å². The number of hydrogen-bond donors (Lipinski definition) is 1. The molecule has 1 saturated heterocycles. The lowest BCUT2D eigenvalue weighted by Crippen LogP contribution is -2.44. The largest absolute Gasteiger partial charge is 0.496 e. The van der Waals surface area contributed by atoms with Gasteiger partial charge in [0.25, 0.3) is 5.91 Å². The number of piperidine rings is 1. The maximum absolute atomic E-state index is 12.9. The van der Waals surface area contributed by atoms with Gasteiger partial charge in [-0.2, -0.15) is 0 Å². The number of halogens is 1. The van der Waals surface area contributed by atoms with Gasteiger partial charge in [-0.25, -0.2) is 0 Å². The second-order valence-electron chi connectivity index (χ2n) is 7.44. The lowest BCUT2D eigenvalue weighted by molar-refractivity contribution is 0.0905. The number of ether oxygens (including phenoxy) is 1. The lowest BCUT2D eigenvalue weighted by atomic mass is 10.0. The van der Waals surface area contributed by atoms with Crippen molar-refractivity contribution in [1.82, 2.24) is 19.8 Å². The summed E-state index contributed by atoms with van der Waals surface area (Å²) in [5.74, 6) is 0.351. The summed E-state index contributed by atoms with van der Waals surface area (Å²) in [7, 11) is 1.57. The molecule has 0 atom stereocenters. The number of pyridine rings is 1. The first-order valence-corrected chi connectivity index (χ1v) is 10.5. The minimum Gasteiger partial charge on any atom is -0.496 e. The Morgan fingerprint density at radius 2 is 1.97 bits per heavy atom. The van der Waals surface area contributed by atoms with Crippen molar-refractivity contribution in [2.75, 3.05) is 20.2 Å². The van der Waals surface area contributed by atoms with E-state index < -0.39 is 0 Å². The molecule has 0 unspecified atom stereocenters. The van der Waals surface area contributed by atoms with Crippen LogP contribution in [0.15, 0.2) is 61.1 Å². The molecule has 1 amide bonds. The molecule has 156 valence electrons. The van der Waals surface area contributed by atoms with Crippen LogP contribution in [0.4, 0.5) is 0 Å². The van der Waals surface area contributed by atoms with Crippen LogP contribution in [0.25, 0.3) is 5.69 Å². The molecule has 4 rings (SSSR count). The maximum atomic E-state index is 12.9. The van der Waals surface area contributed by atoms with Gasteiger partial charge in [0.2, 0.25) is 0 Å². The minimum absolute atomic E-state index is 0.130. The van der Waals surface area contributed by atoms with Crippen LogP contribution in [0.2, 0.25) is 5.02 Å². The molecule has 0 radical (unpaired) electrons. The smallest absolute Gasteiger partial charge is 0.255 e. The number of nitrogens with zero attached hydrogens (tertiary/aromatic N) is 3. The van der Waals surface area contributed by atoms with Crippen molar-refractivity contribution in [1.29, 1.82) is 0 Å². The Labute approximate surface area is 181 Å². The number of nitrogens with one attached hydrogen (secondary N) is 1. The average molecular weight is 425 g/mol. The molecule has 30 heavy (non-hydrogen) atoms.